The van der Waals surface area contributed by atoms with Crippen molar-refractivity contribution >= 4 is 11.6 Å². The van der Waals surface area contributed by atoms with Crippen LogP contribution in [0.25, 0.3) is 0 Å². The van der Waals surface area contributed by atoms with E-state index >= 15 is 0 Å². The second-order valence-electron chi connectivity index (χ2n) is 4.34. The Bertz CT molecular complexity index is 300. The summed E-state index contributed by atoms with van der Waals surface area (Å²) in [5, 5.41) is 0. The van der Waals surface area contributed by atoms with E-state index in [1.54, 1.807) is 0 Å². The zero-order chi connectivity index (χ0) is 10.1. The lowest BCUT2D eigenvalue weighted by molar-refractivity contribution is 0.593. The van der Waals surface area contributed by atoms with Gasteiger partial charge in [-0.3, -0.25) is 0 Å². The van der Waals surface area contributed by atoms with Crippen LogP contribution in [-0.2, 0) is 5.41 Å². The van der Waals surface area contributed by atoms with Crippen LogP contribution in [0.4, 0.5) is 0 Å². The van der Waals surface area contributed by atoms with Crippen LogP contribution in [0.2, 0.25) is 0 Å². The Labute approximate surface area is 85.9 Å². The van der Waals surface area contributed by atoms with E-state index < -0.39 is 0 Å². The van der Waals surface area contributed by atoms with Gasteiger partial charge in [0.2, 0.25) is 0 Å². The van der Waals surface area contributed by atoms with Gasteiger partial charge in [0.05, 0.1) is 0 Å². The number of hydrogen-bond acceptors (Lipinski definition) is 0. The molecule has 0 radical (unpaired) electrons. The van der Waals surface area contributed by atoms with Crippen molar-refractivity contribution in [3.05, 3.63) is 34.9 Å². The summed E-state index contributed by atoms with van der Waals surface area (Å²) in [6, 6.07) is 6.54. The highest BCUT2D eigenvalue weighted by Crippen LogP contribution is 2.28. The molecule has 0 N–H and O–H groups in total. The maximum Gasteiger partial charge on any atom is 0.0315 e. The molecular formula is C12H17Cl. The number of alkyl halides is 1. The summed E-state index contributed by atoms with van der Waals surface area (Å²) in [6.07, 6.45) is 0. The van der Waals surface area contributed by atoms with Crippen LogP contribution in [0.15, 0.2) is 18.2 Å². The smallest absolute Gasteiger partial charge is 0.0315 e. The van der Waals surface area contributed by atoms with Gasteiger partial charge in [-0.2, -0.15) is 0 Å². The predicted octanol–water partition coefficient (Wildman–Crippen LogP) is 3.82. The van der Waals surface area contributed by atoms with Gasteiger partial charge in [0.25, 0.3) is 0 Å². The summed E-state index contributed by atoms with van der Waals surface area (Å²) < 4.78 is 0. The molecule has 1 rings (SSSR count). The molecule has 0 unspecified atom stereocenters. The number of halogens is 1. The van der Waals surface area contributed by atoms with Gasteiger partial charge >= 0.3 is 0 Å². The van der Waals surface area contributed by atoms with Crippen molar-refractivity contribution in [2.45, 2.75) is 33.1 Å². The second-order valence-corrected chi connectivity index (χ2v) is 4.60. The van der Waals surface area contributed by atoms with E-state index in [1.807, 2.05) is 0 Å². The lowest BCUT2D eigenvalue weighted by Gasteiger charge is -2.24. The quantitative estimate of drug-likeness (QED) is 0.631. The fraction of sp³-hybridized carbons (Fsp3) is 0.500. The van der Waals surface area contributed by atoms with Crippen molar-refractivity contribution < 1.29 is 0 Å². The summed E-state index contributed by atoms with van der Waals surface area (Å²) in [4.78, 5) is 0. The Hall–Kier alpha value is -0.490. The van der Waals surface area contributed by atoms with Crippen molar-refractivity contribution in [2.24, 2.45) is 0 Å². The molecule has 0 heterocycles. The van der Waals surface area contributed by atoms with E-state index in [4.69, 9.17) is 11.6 Å². The zero-order valence-electron chi connectivity index (χ0n) is 8.82. The lowest BCUT2D eigenvalue weighted by Crippen LogP contribution is -2.20. The highest BCUT2D eigenvalue weighted by Gasteiger charge is 2.20. The molecule has 72 valence electrons. The number of benzene rings is 1. The SMILES string of the molecule is Cc1ccc(C)c(C(C)(C)CCl)c1. The first-order valence-electron chi connectivity index (χ1n) is 4.61. The molecular weight excluding hydrogens is 180 g/mol. The van der Waals surface area contributed by atoms with Crippen molar-refractivity contribution in [3.8, 4) is 0 Å². The largest absolute Gasteiger partial charge is 0.126 e. The first-order valence-corrected chi connectivity index (χ1v) is 5.14. The standard InChI is InChI=1S/C12H17Cl/c1-9-5-6-10(2)11(7-9)12(3,4)8-13/h5-7H,8H2,1-4H3. The molecule has 0 aliphatic rings. The molecule has 0 nitrogen and oxygen atoms in total. The van der Waals surface area contributed by atoms with Gasteiger partial charge in [-0.1, -0.05) is 37.6 Å². The number of aryl methyl sites for hydroxylation is 2. The minimum atomic E-state index is 0.0810. The monoisotopic (exact) mass is 196 g/mol. The number of hydrogen-bond donors (Lipinski definition) is 0. The lowest BCUT2D eigenvalue weighted by atomic mass is 9.83. The van der Waals surface area contributed by atoms with Crippen molar-refractivity contribution in [1.29, 1.82) is 0 Å². The van der Waals surface area contributed by atoms with Gasteiger partial charge in [0, 0.05) is 11.3 Å². The van der Waals surface area contributed by atoms with E-state index in [9.17, 15) is 0 Å². The van der Waals surface area contributed by atoms with Gasteiger partial charge in [-0.05, 0) is 25.0 Å². The fourth-order valence-electron chi connectivity index (χ4n) is 1.54. The van der Waals surface area contributed by atoms with Gasteiger partial charge in [0.1, 0.15) is 0 Å². The molecule has 13 heavy (non-hydrogen) atoms. The molecule has 0 aromatic heterocycles. The molecule has 1 heteroatoms. The minimum Gasteiger partial charge on any atom is -0.126 e. The fourth-order valence-corrected chi connectivity index (χ4v) is 1.68. The van der Waals surface area contributed by atoms with Crippen molar-refractivity contribution in [1.82, 2.24) is 0 Å². The summed E-state index contributed by atoms with van der Waals surface area (Å²) in [7, 11) is 0. The van der Waals surface area contributed by atoms with Crippen molar-refractivity contribution in [2.75, 3.05) is 5.88 Å². The van der Waals surface area contributed by atoms with Gasteiger partial charge in [-0.15, -0.1) is 11.6 Å². The van der Waals surface area contributed by atoms with E-state index in [-0.39, 0.29) is 5.41 Å². The Kier molecular flexibility index (Phi) is 3.02. The summed E-state index contributed by atoms with van der Waals surface area (Å²) in [5.74, 6) is 0.664. The molecule has 0 saturated carbocycles. The van der Waals surface area contributed by atoms with Crippen LogP contribution in [0.5, 0.6) is 0 Å². The summed E-state index contributed by atoms with van der Waals surface area (Å²) in [5.41, 5.74) is 4.08. The van der Waals surface area contributed by atoms with Crippen LogP contribution >= 0.6 is 11.6 Å². The van der Waals surface area contributed by atoms with Crippen LogP contribution in [-0.4, -0.2) is 5.88 Å². The molecule has 0 spiro atoms. The van der Waals surface area contributed by atoms with Crippen LogP contribution in [0, 0.1) is 13.8 Å². The second kappa shape index (κ2) is 3.71. The highest BCUT2D eigenvalue weighted by atomic mass is 35.5. The maximum atomic E-state index is 5.95. The maximum absolute atomic E-state index is 5.95. The third-order valence-corrected chi connectivity index (χ3v) is 3.12. The number of rotatable bonds is 2. The normalized spacial score (nSPS) is 11.8. The molecule has 0 aliphatic carbocycles. The molecule has 0 fully saturated rings. The van der Waals surface area contributed by atoms with Crippen molar-refractivity contribution in [3.63, 3.8) is 0 Å². The molecule has 0 bridgehead atoms. The van der Waals surface area contributed by atoms with E-state index in [1.165, 1.54) is 16.7 Å². The Morgan fingerprint density at radius 2 is 1.85 bits per heavy atom. The Morgan fingerprint density at radius 3 is 2.38 bits per heavy atom. The third-order valence-electron chi connectivity index (χ3n) is 2.46. The first-order chi connectivity index (χ1) is 5.97. The molecule has 0 saturated heterocycles. The minimum absolute atomic E-state index is 0.0810. The van der Waals surface area contributed by atoms with Gasteiger partial charge in [0.15, 0.2) is 0 Å². The predicted molar refractivity (Wildman–Crippen MR) is 59.7 cm³/mol. The van der Waals surface area contributed by atoms with E-state index in [0.717, 1.165) is 0 Å². The summed E-state index contributed by atoms with van der Waals surface area (Å²) in [6.45, 7) is 8.62. The van der Waals surface area contributed by atoms with E-state index in [0.29, 0.717) is 5.88 Å². The third kappa shape index (κ3) is 2.25. The average Bonchev–Trinajstić information content (AvgIpc) is 2.09. The molecule has 0 aliphatic heterocycles. The van der Waals surface area contributed by atoms with E-state index in [2.05, 4.69) is 45.9 Å². The Morgan fingerprint density at radius 1 is 1.23 bits per heavy atom. The van der Waals surface area contributed by atoms with Gasteiger partial charge in [-0.25, -0.2) is 0 Å². The van der Waals surface area contributed by atoms with Crippen LogP contribution in [0.1, 0.15) is 30.5 Å². The van der Waals surface area contributed by atoms with Gasteiger partial charge < -0.3 is 0 Å². The Balaban J connectivity index is 3.20. The van der Waals surface area contributed by atoms with Crippen LogP contribution in [0.3, 0.4) is 0 Å². The average molecular weight is 197 g/mol. The topological polar surface area (TPSA) is 0 Å². The highest BCUT2D eigenvalue weighted by molar-refractivity contribution is 6.18. The molecule has 0 atom stereocenters. The van der Waals surface area contributed by atoms with Crippen LogP contribution < -0.4 is 0 Å². The molecule has 0 amide bonds. The zero-order valence-corrected chi connectivity index (χ0v) is 9.57. The molecule has 1 aromatic rings. The molecule has 1 aromatic carbocycles. The summed E-state index contributed by atoms with van der Waals surface area (Å²) >= 11 is 5.95. The first kappa shape index (κ1) is 10.6.